The molecule has 5 aliphatic rings. The predicted molar refractivity (Wildman–Crippen MR) is 97.0 cm³/mol. The van der Waals surface area contributed by atoms with Crippen LogP contribution in [0, 0.1) is 34.5 Å². The second kappa shape index (κ2) is 5.23. The van der Waals surface area contributed by atoms with Crippen LogP contribution in [0.15, 0.2) is 0 Å². The van der Waals surface area contributed by atoms with Gasteiger partial charge in [-0.15, -0.1) is 0 Å². The van der Waals surface area contributed by atoms with Crippen molar-refractivity contribution in [2.24, 2.45) is 34.5 Å². The van der Waals surface area contributed by atoms with Crippen LogP contribution >= 0.6 is 0 Å². The van der Waals surface area contributed by atoms with Crippen molar-refractivity contribution in [2.75, 3.05) is 13.2 Å². The summed E-state index contributed by atoms with van der Waals surface area (Å²) in [6.45, 7) is 8.66. The monoisotopic (exact) mass is 348 g/mol. The minimum Gasteiger partial charge on any atom is -0.390 e. The molecule has 3 nitrogen and oxygen atoms in total. The molecule has 4 saturated carbocycles. The largest absolute Gasteiger partial charge is 0.390 e. The van der Waals surface area contributed by atoms with E-state index in [1.807, 2.05) is 0 Å². The van der Waals surface area contributed by atoms with E-state index in [2.05, 4.69) is 20.8 Å². The Morgan fingerprint density at radius 3 is 2.28 bits per heavy atom. The molecule has 1 spiro atoms. The van der Waals surface area contributed by atoms with Gasteiger partial charge < -0.3 is 14.6 Å². The van der Waals surface area contributed by atoms with Crippen molar-refractivity contribution in [1.82, 2.24) is 0 Å². The number of ether oxygens (including phenoxy) is 2. The lowest BCUT2D eigenvalue weighted by molar-refractivity contribution is -0.232. The van der Waals surface area contributed by atoms with Crippen molar-refractivity contribution < 1.29 is 14.6 Å². The van der Waals surface area contributed by atoms with E-state index >= 15 is 0 Å². The third-order valence-electron chi connectivity index (χ3n) is 10.0. The van der Waals surface area contributed by atoms with E-state index in [4.69, 9.17) is 9.47 Å². The maximum absolute atomic E-state index is 11.0. The first-order valence-electron chi connectivity index (χ1n) is 10.8. The molecule has 0 amide bonds. The highest BCUT2D eigenvalue weighted by molar-refractivity contribution is 5.13. The first-order valence-corrected chi connectivity index (χ1v) is 10.8. The second-order valence-electron chi connectivity index (χ2n) is 10.7. The van der Waals surface area contributed by atoms with Crippen molar-refractivity contribution in [1.29, 1.82) is 0 Å². The van der Waals surface area contributed by atoms with Crippen molar-refractivity contribution in [3.8, 4) is 0 Å². The Morgan fingerprint density at radius 2 is 1.52 bits per heavy atom. The Hall–Kier alpha value is -0.120. The summed E-state index contributed by atoms with van der Waals surface area (Å²) in [5, 5.41) is 11.0. The summed E-state index contributed by atoms with van der Waals surface area (Å²) < 4.78 is 12.1. The van der Waals surface area contributed by atoms with Crippen LogP contribution in [-0.4, -0.2) is 29.7 Å². The van der Waals surface area contributed by atoms with Crippen molar-refractivity contribution in [2.45, 2.75) is 89.9 Å². The molecule has 5 fully saturated rings. The van der Waals surface area contributed by atoms with Gasteiger partial charge in [-0.05, 0) is 86.4 Å². The fraction of sp³-hybridized carbons (Fsp3) is 1.00. The summed E-state index contributed by atoms with van der Waals surface area (Å²) in [7, 11) is 0. The molecule has 0 unspecified atom stereocenters. The zero-order valence-electron chi connectivity index (χ0n) is 16.4. The van der Waals surface area contributed by atoms with E-state index in [1.54, 1.807) is 0 Å². The second-order valence-corrected chi connectivity index (χ2v) is 10.7. The fourth-order valence-corrected chi connectivity index (χ4v) is 8.20. The van der Waals surface area contributed by atoms with Crippen LogP contribution in [-0.2, 0) is 9.47 Å². The van der Waals surface area contributed by atoms with Crippen LogP contribution in [0.4, 0.5) is 0 Å². The first-order chi connectivity index (χ1) is 11.8. The van der Waals surface area contributed by atoms with Gasteiger partial charge in [0.05, 0.1) is 18.8 Å². The third-order valence-corrected chi connectivity index (χ3v) is 10.0. The average Bonchev–Trinajstić information content (AvgIpc) is 3.11. The van der Waals surface area contributed by atoms with Gasteiger partial charge in [-0.3, -0.25) is 0 Å². The summed E-state index contributed by atoms with van der Waals surface area (Å²) in [6.07, 6.45) is 10.9. The lowest BCUT2D eigenvalue weighted by Crippen LogP contribution is -2.57. The predicted octanol–water partition coefficient (Wildman–Crippen LogP) is 4.52. The molecule has 1 heterocycles. The molecular formula is C22H36O3. The Kier molecular flexibility index (Phi) is 3.56. The van der Waals surface area contributed by atoms with Gasteiger partial charge in [0, 0.05) is 12.8 Å². The summed E-state index contributed by atoms with van der Waals surface area (Å²) in [4.78, 5) is 0. The number of rotatable bonds is 0. The van der Waals surface area contributed by atoms with Gasteiger partial charge in [0.25, 0.3) is 0 Å². The van der Waals surface area contributed by atoms with Gasteiger partial charge in [0.1, 0.15) is 0 Å². The molecule has 0 aromatic carbocycles. The number of hydrogen-bond acceptors (Lipinski definition) is 3. The molecule has 1 saturated heterocycles. The van der Waals surface area contributed by atoms with Crippen molar-refractivity contribution >= 4 is 0 Å². The summed E-state index contributed by atoms with van der Waals surface area (Å²) in [5.74, 6) is 2.92. The van der Waals surface area contributed by atoms with Crippen LogP contribution in [0.2, 0.25) is 0 Å². The molecule has 142 valence electrons. The summed E-state index contributed by atoms with van der Waals surface area (Å²) >= 11 is 0. The molecule has 7 atom stereocenters. The van der Waals surface area contributed by atoms with E-state index < -0.39 is 5.60 Å². The topological polar surface area (TPSA) is 38.7 Å². The zero-order chi connectivity index (χ0) is 17.5. The minimum atomic E-state index is -0.456. The van der Waals surface area contributed by atoms with Gasteiger partial charge in [0.15, 0.2) is 5.79 Å². The Morgan fingerprint density at radius 1 is 0.800 bits per heavy atom. The molecule has 3 heteroatoms. The number of aliphatic hydroxyl groups is 1. The molecule has 0 aromatic heterocycles. The van der Waals surface area contributed by atoms with Crippen LogP contribution in [0.1, 0.15) is 78.6 Å². The molecule has 25 heavy (non-hydrogen) atoms. The standard InChI is InChI=1S/C22H36O3/c1-19-10-11-22(24-12-13-25-22)14-15(19)4-5-16-17(19)6-8-20(2)18(16)7-9-21(20,3)23/h15-18,23H,4-14H2,1-3H3/t15-,16+,17-,18-,19-,20-,21-/m0/s1. The molecule has 0 radical (unpaired) electrons. The number of hydrogen-bond donors (Lipinski definition) is 1. The van der Waals surface area contributed by atoms with Gasteiger partial charge >= 0.3 is 0 Å². The number of fused-ring (bicyclic) bond motifs is 5. The maximum Gasteiger partial charge on any atom is 0.168 e. The van der Waals surface area contributed by atoms with E-state index in [1.165, 1.54) is 38.5 Å². The summed E-state index contributed by atoms with van der Waals surface area (Å²) in [5.41, 5.74) is 0.146. The molecule has 1 N–H and O–H groups in total. The fourth-order valence-electron chi connectivity index (χ4n) is 8.20. The molecule has 0 bridgehead atoms. The minimum absolute atomic E-state index is 0.144. The van der Waals surface area contributed by atoms with Crippen LogP contribution in [0.3, 0.4) is 0 Å². The Labute approximate surface area is 152 Å². The highest BCUT2D eigenvalue weighted by Crippen LogP contribution is 2.69. The normalized spacial score (nSPS) is 57.1. The lowest BCUT2D eigenvalue weighted by atomic mass is 9.44. The third kappa shape index (κ3) is 2.15. The highest BCUT2D eigenvalue weighted by atomic mass is 16.7. The highest BCUT2D eigenvalue weighted by Gasteiger charge is 2.64. The smallest absolute Gasteiger partial charge is 0.168 e. The van der Waals surface area contributed by atoms with E-state index in [0.717, 1.165) is 56.1 Å². The zero-order valence-corrected chi connectivity index (χ0v) is 16.4. The van der Waals surface area contributed by atoms with E-state index in [9.17, 15) is 5.11 Å². The quantitative estimate of drug-likeness (QED) is 0.699. The molecule has 0 aromatic rings. The van der Waals surface area contributed by atoms with Gasteiger partial charge in [-0.25, -0.2) is 0 Å². The maximum atomic E-state index is 11.0. The van der Waals surface area contributed by atoms with Crippen molar-refractivity contribution in [3.63, 3.8) is 0 Å². The van der Waals surface area contributed by atoms with E-state index in [0.29, 0.717) is 5.41 Å². The van der Waals surface area contributed by atoms with E-state index in [-0.39, 0.29) is 11.2 Å². The van der Waals surface area contributed by atoms with Crippen LogP contribution < -0.4 is 0 Å². The van der Waals surface area contributed by atoms with Crippen molar-refractivity contribution in [3.05, 3.63) is 0 Å². The lowest BCUT2D eigenvalue weighted by Gasteiger charge is -2.62. The average molecular weight is 349 g/mol. The molecule has 4 aliphatic carbocycles. The Bertz CT molecular complexity index is 551. The molecule has 5 rings (SSSR count). The van der Waals surface area contributed by atoms with Gasteiger partial charge in [-0.1, -0.05) is 13.8 Å². The molecule has 1 aliphatic heterocycles. The first kappa shape index (κ1) is 17.0. The summed E-state index contributed by atoms with van der Waals surface area (Å²) in [6, 6.07) is 0. The van der Waals surface area contributed by atoms with Crippen LogP contribution in [0.25, 0.3) is 0 Å². The van der Waals surface area contributed by atoms with Crippen LogP contribution in [0.5, 0.6) is 0 Å². The molecular weight excluding hydrogens is 312 g/mol. The van der Waals surface area contributed by atoms with Gasteiger partial charge in [0.2, 0.25) is 0 Å². The Balaban J connectivity index is 1.41. The van der Waals surface area contributed by atoms with Gasteiger partial charge in [-0.2, -0.15) is 0 Å². The SMILES string of the molecule is C[C@]12CCC3(C[C@@H]1CC[C@@H]1[C@@H]2CC[C@@]2(C)[C@H]1CC[C@]2(C)O)OCCO3.